The summed E-state index contributed by atoms with van der Waals surface area (Å²) in [6.45, 7) is 3.99. The van der Waals surface area contributed by atoms with E-state index in [0.29, 0.717) is 5.69 Å². The smallest absolute Gasteiger partial charge is 0.272 e. The van der Waals surface area contributed by atoms with E-state index in [-0.39, 0.29) is 5.91 Å². The fourth-order valence-corrected chi connectivity index (χ4v) is 3.29. The van der Waals surface area contributed by atoms with Crippen molar-refractivity contribution < 1.29 is 4.79 Å². The maximum absolute atomic E-state index is 12.4. The molecule has 0 N–H and O–H groups in total. The molecule has 1 aromatic heterocycles. The molecule has 0 unspecified atom stereocenters. The van der Waals surface area contributed by atoms with E-state index in [4.69, 9.17) is 0 Å². The first kappa shape index (κ1) is 14.4. The first-order valence-corrected chi connectivity index (χ1v) is 8.35. The predicted molar refractivity (Wildman–Crippen MR) is 84.7 cm³/mol. The summed E-state index contributed by atoms with van der Waals surface area (Å²) in [6, 6.07) is 3.96. The number of hydrogen-bond acceptors (Lipinski definition) is 3. The van der Waals surface area contributed by atoms with E-state index in [1.165, 1.54) is 32.1 Å². The summed E-state index contributed by atoms with van der Waals surface area (Å²) in [7, 11) is 0. The molecule has 0 bridgehead atoms. The van der Waals surface area contributed by atoms with Crippen LogP contribution in [0.4, 0.5) is 5.69 Å². The second kappa shape index (κ2) is 6.92. The van der Waals surface area contributed by atoms with Crippen LogP contribution in [0, 0.1) is 0 Å². The highest BCUT2D eigenvalue weighted by atomic mass is 16.2. The predicted octanol–water partition coefficient (Wildman–Crippen LogP) is 3.09. The van der Waals surface area contributed by atoms with Crippen molar-refractivity contribution in [3.8, 4) is 0 Å². The summed E-state index contributed by atoms with van der Waals surface area (Å²) >= 11 is 0. The molecule has 3 rings (SSSR count). The van der Waals surface area contributed by atoms with Crippen molar-refractivity contribution in [3.63, 3.8) is 0 Å². The topological polar surface area (TPSA) is 36.4 Å². The van der Waals surface area contributed by atoms with E-state index in [0.717, 1.165) is 44.7 Å². The first-order chi connectivity index (χ1) is 10.3. The van der Waals surface area contributed by atoms with Crippen LogP contribution in [0.2, 0.25) is 0 Å². The van der Waals surface area contributed by atoms with Gasteiger partial charge in [0.1, 0.15) is 5.69 Å². The van der Waals surface area contributed by atoms with Crippen molar-refractivity contribution in [2.24, 2.45) is 0 Å². The minimum absolute atomic E-state index is 0.0946. The lowest BCUT2D eigenvalue weighted by Gasteiger charge is -2.26. The first-order valence-electron chi connectivity index (χ1n) is 8.35. The molecule has 2 aliphatic heterocycles. The van der Waals surface area contributed by atoms with Crippen molar-refractivity contribution in [2.45, 2.75) is 44.9 Å². The number of hydrogen-bond donors (Lipinski definition) is 0. The van der Waals surface area contributed by atoms with E-state index in [9.17, 15) is 4.79 Å². The summed E-state index contributed by atoms with van der Waals surface area (Å²) in [5.41, 5.74) is 1.75. The zero-order valence-corrected chi connectivity index (χ0v) is 12.8. The Labute approximate surface area is 127 Å². The van der Waals surface area contributed by atoms with E-state index < -0.39 is 0 Å². The van der Waals surface area contributed by atoms with Gasteiger partial charge in [0.2, 0.25) is 0 Å². The molecule has 0 saturated carbocycles. The number of amides is 1. The highest BCUT2D eigenvalue weighted by molar-refractivity contribution is 5.92. The number of likely N-dealkylation sites (tertiary alicyclic amines) is 1. The molecule has 114 valence electrons. The summed E-state index contributed by atoms with van der Waals surface area (Å²) in [6.07, 6.45) is 10.5. The third-order valence-corrected chi connectivity index (χ3v) is 4.58. The number of aromatic nitrogens is 1. The lowest BCUT2D eigenvalue weighted by atomic mass is 10.1. The van der Waals surface area contributed by atoms with Gasteiger partial charge < -0.3 is 9.80 Å². The van der Waals surface area contributed by atoms with Gasteiger partial charge in [-0.3, -0.25) is 4.79 Å². The largest absolute Gasteiger partial charge is 0.370 e. The maximum atomic E-state index is 12.4. The molecule has 0 atom stereocenters. The average molecular weight is 287 g/mol. The van der Waals surface area contributed by atoms with Crippen molar-refractivity contribution in [1.29, 1.82) is 0 Å². The van der Waals surface area contributed by atoms with Crippen molar-refractivity contribution in [3.05, 3.63) is 24.0 Å². The standard InChI is InChI=1S/C17H25N3O/c21-17(20-12-6-3-7-13-20)16-9-8-15(14-18-16)19-10-4-1-2-5-11-19/h8-9,14H,1-7,10-13H2. The number of carbonyl (C=O) groups excluding carboxylic acids is 1. The Bertz CT molecular complexity index is 457. The molecule has 4 heteroatoms. The molecule has 0 spiro atoms. The molecule has 2 fully saturated rings. The molecular formula is C17H25N3O. The Morgan fingerprint density at radius 1 is 0.857 bits per heavy atom. The van der Waals surface area contributed by atoms with Gasteiger partial charge in [0.15, 0.2) is 0 Å². The zero-order valence-electron chi connectivity index (χ0n) is 12.8. The van der Waals surface area contributed by atoms with E-state index in [2.05, 4.69) is 16.0 Å². The second-order valence-electron chi connectivity index (χ2n) is 6.16. The van der Waals surface area contributed by atoms with Crippen LogP contribution in [0.5, 0.6) is 0 Å². The van der Waals surface area contributed by atoms with Crippen molar-refractivity contribution in [2.75, 3.05) is 31.1 Å². The molecule has 1 amide bonds. The Kier molecular flexibility index (Phi) is 4.73. The van der Waals surface area contributed by atoms with Gasteiger partial charge in [0.05, 0.1) is 11.9 Å². The van der Waals surface area contributed by atoms with Crippen LogP contribution in [0.25, 0.3) is 0 Å². The van der Waals surface area contributed by atoms with Crippen LogP contribution in [0.1, 0.15) is 55.4 Å². The molecule has 21 heavy (non-hydrogen) atoms. The number of nitrogens with zero attached hydrogens (tertiary/aromatic N) is 3. The maximum Gasteiger partial charge on any atom is 0.272 e. The van der Waals surface area contributed by atoms with Crippen molar-refractivity contribution >= 4 is 11.6 Å². The Balaban J connectivity index is 1.66. The molecule has 4 nitrogen and oxygen atoms in total. The van der Waals surface area contributed by atoms with Crippen LogP contribution in [0.15, 0.2) is 18.3 Å². The third-order valence-electron chi connectivity index (χ3n) is 4.58. The molecule has 1 aromatic rings. The van der Waals surface area contributed by atoms with Gasteiger partial charge in [-0.1, -0.05) is 12.8 Å². The second-order valence-corrected chi connectivity index (χ2v) is 6.16. The van der Waals surface area contributed by atoms with Gasteiger partial charge in [0.25, 0.3) is 5.91 Å². The van der Waals surface area contributed by atoms with Gasteiger partial charge in [0, 0.05) is 26.2 Å². The summed E-state index contributed by atoms with van der Waals surface area (Å²) in [5.74, 6) is 0.0946. The van der Waals surface area contributed by atoms with Crippen LogP contribution < -0.4 is 4.90 Å². The lowest BCUT2D eigenvalue weighted by Crippen LogP contribution is -2.36. The molecule has 3 heterocycles. The lowest BCUT2D eigenvalue weighted by molar-refractivity contribution is 0.0718. The van der Waals surface area contributed by atoms with Gasteiger partial charge in [-0.15, -0.1) is 0 Å². The number of anilines is 1. The number of piperidine rings is 1. The molecule has 0 aromatic carbocycles. The highest BCUT2D eigenvalue weighted by Crippen LogP contribution is 2.19. The van der Waals surface area contributed by atoms with E-state index in [1.54, 1.807) is 0 Å². The van der Waals surface area contributed by atoms with Gasteiger partial charge in [-0.25, -0.2) is 4.98 Å². The molecule has 2 saturated heterocycles. The summed E-state index contributed by atoms with van der Waals surface area (Å²) in [4.78, 5) is 21.2. The fraction of sp³-hybridized carbons (Fsp3) is 0.647. The molecule has 2 aliphatic rings. The quantitative estimate of drug-likeness (QED) is 0.838. The molecular weight excluding hydrogens is 262 g/mol. The van der Waals surface area contributed by atoms with E-state index >= 15 is 0 Å². The van der Waals surface area contributed by atoms with Gasteiger partial charge in [-0.2, -0.15) is 0 Å². The van der Waals surface area contributed by atoms with Crippen LogP contribution in [-0.4, -0.2) is 42.0 Å². The van der Waals surface area contributed by atoms with E-state index in [1.807, 2.05) is 17.2 Å². The summed E-state index contributed by atoms with van der Waals surface area (Å²) in [5, 5.41) is 0. The Morgan fingerprint density at radius 3 is 2.10 bits per heavy atom. The van der Waals surface area contributed by atoms with Gasteiger partial charge >= 0.3 is 0 Å². The van der Waals surface area contributed by atoms with Crippen LogP contribution in [0.3, 0.4) is 0 Å². The number of carbonyl (C=O) groups is 1. The Hall–Kier alpha value is -1.58. The normalized spacial score (nSPS) is 20.2. The molecule has 0 radical (unpaired) electrons. The Morgan fingerprint density at radius 2 is 1.48 bits per heavy atom. The minimum Gasteiger partial charge on any atom is -0.370 e. The van der Waals surface area contributed by atoms with Crippen LogP contribution in [-0.2, 0) is 0 Å². The average Bonchev–Trinajstić information content (AvgIpc) is 2.84. The summed E-state index contributed by atoms with van der Waals surface area (Å²) < 4.78 is 0. The number of pyridine rings is 1. The minimum atomic E-state index is 0.0946. The molecule has 0 aliphatic carbocycles. The highest BCUT2D eigenvalue weighted by Gasteiger charge is 2.19. The third kappa shape index (κ3) is 3.55. The zero-order chi connectivity index (χ0) is 14.5. The fourth-order valence-electron chi connectivity index (χ4n) is 3.29. The van der Waals surface area contributed by atoms with Crippen LogP contribution >= 0.6 is 0 Å². The number of rotatable bonds is 2. The van der Waals surface area contributed by atoms with Crippen molar-refractivity contribution in [1.82, 2.24) is 9.88 Å². The van der Waals surface area contributed by atoms with Gasteiger partial charge in [-0.05, 0) is 44.2 Å². The monoisotopic (exact) mass is 287 g/mol. The SMILES string of the molecule is O=C(c1ccc(N2CCCCCC2)cn1)N1CCCCC1.